The summed E-state index contributed by atoms with van der Waals surface area (Å²) in [7, 11) is 0. The largest absolute Gasteiger partial charge is 0.313 e. The lowest BCUT2D eigenvalue weighted by molar-refractivity contribution is 0.227. The molecule has 2 nitrogen and oxygen atoms in total. The van der Waals surface area contributed by atoms with E-state index in [4.69, 9.17) is 0 Å². The molecule has 0 saturated heterocycles. The Kier molecular flexibility index (Phi) is 4.19. The van der Waals surface area contributed by atoms with Crippen molar-refractivity contribution in [1.29, 1.82) is 0 Å². The van der Waals surface area contributed by atoms with Gasteiger partial charge in [-0.05, 0) is 55.8 Å². The molecular weight excluding hydrogens is 232 g/mol. The first-order valence-electron chi connectivity index (χ1n) is 7.89. The second kappa shape index (κ2) is 6.06. The van der Waals surface area contributed by atoms with E-state index in [9.17, 15) is 0 Å². The quantitative estimate of drug-likeness (QED) is 0.873. The molecule has 1 saturated carbocycles. The van der Waals surface area contributed by atoms with Crippen LogP contribution in [-0.4, -0.2) is 30.6 Å². The third-order valence-electron chi connectivity index (χ3n) is 4.55. The monoisotopic (exact) mass is 258 g/mol. The molecule has 1 unspecified atom stereocenters. The maximum Gasteiger partial charge on any atom is 0.0237 e. The molecule has 1 heterocycles. The first kappa shape index (κ1) is 13.1. The molecule has 0 radical (unpaired) electrons. The summed E-state index contributed by atoms with van der Waals surface area (Å²) < 4.78 is 0. The number of rotatable bonds is 5. The highest BCUT2D eigenvalue weighted by Gasteiger charge is 2.32. The molecule has 1 aliphatic carbocycles. The van der Waals surface area contributed by atoms with Gasteiger partial charge in [-0.25, -0.2) is 0 Å². The maximum atomic E-state index is 3.69. The van der Waals surface area contributed by atoms with Gasteiger partial charge in [0.05, 0.1) is 0 Å². The van der Waals surface area contributed by atoms with E-state index in [1.807, 2.05) is 0 Å². The summed E-state index contributed by atoms with van der Waals surface area (Å²) in [5.41, 5.74) is 3.11. The summed E-state index contributed by atoms with van der Waals surface area (Å²) in [5.74, 6) is 0.943. The van der Waals surface area contributed by atoms with Gasteiger partial charge in [-0.1, -0.05) is 31.2 Å². The minimum atomic E-state index is 0.718. The second-order valence-corrected chi connectivity index (χ2v) is 6.11. The van der Waals surface area contributed by atoms with Crippen molar-refractivity contribution in [3.63, 3.8) is 0 Å². The lowest BCUT2D eigenvalue weighted by atomic mass is 10.0. The molecule has 104 valence electrons. The Morgan fingerprint density at radius 3 is 2.79 bits per heavy atom. The van der Waals surface area contributed by atoms with Crippen molar-refractivity contribution in [3.8, 4) is 0 Å². The van der Waals surface area contributed by atoms with E-state index in [2.05, 4.69) is 41.4 Å². The SMILES string of the molecule is CCNC(CN1CCCc2ccccc2C1)C1CC1. The Bertz CT molecular complexity index is 411. The van der Waals surface area contributed by atoms with Gasteiger partial charge >= 0.3 is 0 Å². The van der Waals surface area contributed by atoms with Crippen molar-refractivity contribution < 1.29 is 0 Å². The van der Waals surface area contributed by atoms with Crippen LogP contribution in [0.5, 0.6) is 0 Å². The molecule has 1 aromatic rings. The van der Waals surface area contributed by atoms with Gasteiger partial charge in [-0.2, -0.15) is 0 Å². The van der Waals surface area contributed by atoms with Gasteiger partial charge in [0.2, 0.25) is 0 Å². The molecule has 0 spiro atoms. The fraction of sp³-hybridized carbons (Fsp3) is 0.647. The zero-order valence-corrected chi connectivity index (χ0v) is 12.1. The lowest BCUT2D eigenvalue weighted by Crippen LogP contribution is -2.42. The molecule has 1 fully saturated rings. The van der Waals surface area contributed by atoms with E-state index in [1.165, 1.54) is 38.8 Å². The van der Waals surface area contributed by atoms with Crippen molar-refractivity contribution in [3.05, 3.63) is 35.4 Å². The van der Waals surface area contributed by atoms with E-state index in [0.29, 0.717) is 0 Å². The number of nitrogens with zero attached hydrogens (tertiary/aromatic N) is 1. The summed E-state index contributed by atoms with van der Waals surface area (Å²) in [6.07, 6.45) is 5.42. The average Bonchev–Trinajstić information content (AvgIpc) is 3.25. The second-order valence-electron chi connectivity index (χ2n) is 6.11. The molecule has 3 rings (SSSR count). The molecule has 0 aromatic heterocycles. The maximum absolute atomic E-state index is 3.69. The van der Waals surface area contributed by atoms with Crippen molar-refractivity contribution >= 4 is 0 Å². The van der Waals surface area contributed by atoms with Crippen molar-refractivity contribution in [2.45, 2.75) is 45.2 Å². The van der Waals surface area contributed by atoms with Gasteiger partial charge in [0, 0.05) is 19.1 Å². The van der Waals surface area contributed by atoms with Crippen LogP contribution in [0.2, 0.25) is 0 Å². The third-order valence-corrected chi connectivity index (χ3v) is 4.55. The Balaban J connectivity index is 1.65. The molecule has 0 amide bonds. The van der Waals surface area contributed by atoms with Crippen molar-refractivity contribution in [2.24, 2.45) is 5.92 Å². The zero-order valence-electron chi connectivity index (χ0n) is 12.1. The van der Waals surface area contributed by atoms with Gasteiger partial charge < -0.3 is 5.32 Å². The van der Waals surface area contributed by atoms with Crippen LogP contribution in [-0.2, 0) is 13.0 Å². The normalized spacial score (nSPS) is 21.7. The summed E-state index contributed by atoms with van der Waals surface area (Å²) in [6, 6.07) is 9.70. The molecule has 2 heteroatoms. The predicted molar refractivity (Wildman–Crippen MR) is 80.2 cm³/mol. The Hall–Kier alpha value is -0.860. The minimum absolute atomic E-state index is 0.718. The minimum Gasteiger partial charge on any atom is -0.313 e. The summed E-state index contributed by atoms with van der Waals surface area (Å²) in [5, 5.41) is 3.69. The highest BCUT2D eigenvalue weighted by molar-refractivity contribution is 5.28. The Morgan fingerprint density at radius 2 is 2.05 bits per heavy atom. The Labute approximate surface area is 117 Å². The van der Waals surface area contributed by atoms with Gasteiger partial charge in [0.25, 0.3) is 0 Å². The van der Waals surface area contributed by atoms with Crippen LogP contribution in [0.1, 0.15) is 37.3 Å². The fourth-order valence-electron chi connectivity index (χ4n) is 3.34. The van der Waals surface area contributed by atoms with Gasteiger partial charge in [-0.15, -0.1) is 0 Å². The van der Waals surface area contributed by atoms with Crippen LogP contribution in [0, 0.1) is 5.92 Å². The number of likely N-dealkylation sites (N-methyl/N-ethyl adjacent to an activating group) is 1. The first-order valence-corrected chi connectivity index (χ1v) is 7.89. The number of aryl methyl sites for hydroxylation is 1. The lowest BCUT2D eigenvalue weighted by Gasteiger charge is -2.27. The molecule has 2 aliphatic rings. The molecule has 1 N–H and O–H groups in total. The highest BCUT2D eigenvalue weighted by atomic mass is 15.2. The predicted octanol–water partition coefficient (Wildman–Crippen LogP) is 2.82. The molecule has 1 aromatic carbocycles. The van der Waals surface area contributed by atoms with Crippen LogP contribution in [0.4, 0.5) is 0 Å². The molecule has 1 atom stereocenters. The summed E-state index contributed by atoms with van der Waals surface area (Å²) in [4.78, 5) is 2.66. The number of hydrogen-bond acceptors (Lipinski definition) is 2. The van der Waals surface area contributed by atoms with Crippen LogP contribution < -0.4 is 5.32 Å². The molecular formula is C17H26N2. The molecule has 1 aliphatic heterocycles. The first-order chi connectivity index (χ1) is 9.36. The van der Waals surface area contributed by atoms with Crippen LogP contribution in [0.25, 0.3) is 0 Å². The Morgan fingerprint density at radius 1 is 1.26 bits per heavy atom. The van der Waals surface area contributed by atoms with Crippen molar-refractivity contribution in [2.75, 3.05) is 19.6 Å². The molecule has 0 bridgehead atoms. The van der Waals surface area contributed by atoms with Crippen LogP contribution in [0.15, 0.2) is 24.3 Å². The van der Waals surface area contributed by atoms with Gasteiger partial charge in [0.1, 0.15) is 0 Å². The van der Waals surface area contributed by atoms with E-state index < -0.39 is 0 Å². The molecule has 19 heavy (non-hydrogen) atoms. The third kappa shape index (κ3) is 3.37. The topological polar surface area (TPSA) is 15.3 Å². The zero-order chi connectivity index (χ0) is 13.1. The van der Waals surface area contributed by atoms with Crippen LogP contribution >= 0.6 is 0 Å². The van der Waals surface area contributed by atoms with E-state index in [-0.39, 0.29) is 0 Å². The summed E-state index contributed by atoms with van der Waals surface area (Å²) in [6.45, 7) is 6.96. The van der Waals surface area contributed by atoms with Gasteiger partial charge in [0.15, 0.2) is 0 Å². The van der Waals surface area contributed by atoms with E-state index in [0.717, 1.165) is 25.0 Å². The highest BCUT2D eigenvalue weighted by Crippen LogP contribution is 2.33. The average molecular weight is 258 g/mol. The van der Waals surface area contributed by atoms with E-state index in [1.54, 1.807) is 11.1 Å². The number of nitrogens with one attached hydrogen (secondary N) is 1. The van der Waals surface area contributed by atoms with Gasteiger partial charge in [-0.3, -0.25) is 4.90 Å². The van der Waals surface area contributed by atoms with Crippen LogP contribution in [0.3, 0.4) is 0 Å². The smallest absolute Gasteiger partial charge is 0.0237 e. The standard InChI is InChI=1S/C17H26N2/c1-2-18-17(15-9-10-15)13-19-11-5-8-14-6-3-4-7-16(14)12-19/h3-4,6-7,15,17-18H,2,5,8-13H2,1H3. The summed E-state index contributed by atoms with van der Waals surface area (Å²) >= 11 is 0. The van der Waals surface area contributed by atoms with Crippen molar-refractivity contribution in [1.82, 2.24) is 10.2 Å². The number of benzene rings is 1. The number of hydrogen-bond donors (Lipinski definition) is 1. The number of fused-ring (bicyclic) bond motifs is 1. The fourth-order valence-corrected chi connectivity index (χ4v) is 3.34. The van der Waals surface area contributed by atoms with E-state index >= 15 is 0 Å².